The average molecular weight is 369 g/mol. The predicted octanol–water partition coefficient (Wildman–Crippen LogP) is 2.20. The molecule has 134 valence electrons. The van der Waals surface area contributed by atoms with Gasteiger partial charge >= 0.3 is 0 Å². The number of rotatable bonds is 5. The Balaban J connectivity index is 1.81. The molecule has 0 radical (unpaired) electrons. The minimum absolute atomic E-state index is 0.370. The predicted molar refractivity (Wildman–Crippen MR) is 104 cm³/mol. The maximum atomic E-state index is 11.8. The Morgan fingerprint density at radius 3 is 2.81 bits per heavy atom. The Labute approximate surface area is 153 Å². The zero-order valence-electron chi connectivity index (χ0n) is 14.5. The number of nitrogens with two attached hydrogens (primary N) is 1. The molecule has 1 unspecified atom stereocenters. The zero-order valence-corrected chi connectivity index (χ0v) is 15.3. The highest BCUT2D eigenvalue weighted by molar-refractivity contribution is 7.88. The number of fused-ring (bicyclic) bond motifs is 3. The number of imidazole rings is 1. The zero-order chi connectivity index (χ0) is 18.3. The van der Waals surface area contributed by atoms with Gasteiger partial charge in [0.05, 0.1) is 16.7 Å². The number of nitrogens with one attached hydrogen (secondary N) is 2. The van der Waals surface area contributed by atoms with Gasteiger partial charge in [0.15, 0.2) is 5.82 Å². The van der Waals surface area contributed by atoms with E-state index in [9.17, 15) is 4.55 Å². The molecule has 26 heavy (non-hydrogen) atoms. The Bertz CT molecular complexity index is 1060. The van der Waals surface area contributed by atoms with Crippen LogP contribution in [0.25, 0.3) is 33.2 Å². The Kier molecular flexibility index (Phi) is 4.27. The van der Waals surface area contributed by atoms with E-state index in [0.29, 0.717) is 24.4 Å². The number of nitrogen functional groups attached to an aromatic ring is 1. The highest BCUT2D eigenvalue weighted by Crippen LogP contribution is 2.29. The number of nitrogens with zero attached hydrogens (tertiary/aromatic N) is 4. The molecule has 0 fully saturated rings. The fraction of sp³-hybridized carbons (Fsp3) is 0.235. The highest BCUT2D eigenvalue weighted by atomic mass is 32.2. The number of H-pyrrole nitrogens is 2. The van der Waals surface area contributed by atoms with Gasteiger partial charge in [-0.3, -0.25) is 5.10 Å². The summed E-state index contributed by atoms with van der Waals surface area (Å²) in [6.45, 7) is 3.09. The maximum Gasteiger partial charge on any atom is 0.152 e. The van der Waals surface area contributed by atoms with Crippen molar-refractivity contribution in [3.05, 3.63) is 36.3 Å². The van der Waals surface area contributed by atoms with Crippen LogP contribution >= 0.6 is 0 Å². The van der Waals surface area contributed by atoms with E-state index in [2.05, 4.69) is 25.1 Å². The van der Waals surface area contributed by atoms with Crippen LogP contribution in [0.15, 0.2) is 30.5 Å². The van der Waals surface area contributed by atoms with Gasteiger partial charge in [0.1, 0.15) is 24.1 Å². The molecule has 1 aromatic carbocycles. The molecule has 8 nitrogen and oxygen atoms in total. The number of hydrogen-bond acceptors (Lipinski definition) is 6. The molecule has 0 aliphatic heterocycles. The fourth-order valence-corrected chi connectivity index (χ4v) is 3.70. The summed E-state index contributed by atoms with van der Waals surface area (Å²) in [5.41, 5.74) is 10.2. The molecule has 0 amide bonds. The first-order valence-electron chi connectivity index (χ1n) is 8.23. The molecular formula is C17H19N7OS. The molecule has 1 atom stereocenters. The summed E-state index contributed by atoms with van der Waals surface area (Å²) in [6, 6.07) is 7.85. The van der Waals surface area contributed by atoms with Gasteiger partial charge in [-0.25, -0.2) is 9.97 Å². The first kappa shape index (κ1) is 16.8. The fourth-order valence-electron chi connectivity index (χ4n) is 3.03. The van der Waals surface area contributed by atoms with E-state index in [1.807, 2.05) is 35.5 Å². The topological polar surface area (TPSA) is 123 Å². The van der Waals surface area contributed by atoms with Gasteiger partial charge in [0, 0.05) is 35.1 Å². The minimum atomic E-state index is -1.06. The Morgan fingerprint density at radius 2 is 2.12 bits per heavy atom. The molecule has 4 rings (SSSR count). The summed E-state index contributed by atoms with van der Waals surface area (Å²) in [5, 5.41) is 7.95. The van der Waals surface area contributed by atoms with Crippen LogP contribution in [0.5, 0.6) is 0 Å². The molecule has 0 spiro atoms. The van der Waals surface area contributed by atoms with Crippen molar-refractivity contribution in [2.45, 2.75) is 13.5 Å². The quantitative estimate of drug-likeness (QED) is 0.464. The third kappa shape index (κ3) is 2.90. The number of aromatic amines is 2. The molecule has 4 aromatic rings. The van der Waals surface area contributed by atoms with Gasteiger partial charge in [-0.2, -0.15) is 5.10 Å². The molecular weight excluding hydrogens is 350 g/mol. The SMILES string of the molecule is CCN(Cc1nc2c(N)nc3cc(-c4cc[nH]n4)ccc3c2[nH]1)[S+](C)[O-]. The van der Waals surface area contributed by atoms with Crippen LogP contribution in [0.4, 0.5) is 5.82 Å². The van der Waals surface area contributed by atoms with Crippen molar-refractivity contribution in [3.63, 3.8) is 0 Å². The number of aromatic nitrogens is 5. The van der Waals surface area contributed by atoms with Crippen LogP contribution in [-0.2, 0) is 17.9 Å². The lowest BCUT2D eigenvalue weighted by Crippen LogP contribution is -2.29. The average Bonchev–Trinajstić information content (AvgIpc) is 3.29. The summed E-state index contributed by atoms with van der Waals surface area (Å²) in [5.74, 6) is 1.09. The lowest BCUT2D eigenvalue weighted by atomic mass is 10.1. The summed E-state index contributed by atoms with van der Waals surface area (Å²) in [7, 11) is 0. The van der Waals surface area contributed by atoms with E-state index in [-0.39, 0.29) is 0 Å². The second kappa shape index (κ2) is 6.60. The van der Waals surface area contributed by atoms with E-state index in [1.165, 1.54) is 0 Å². The van der Waals surface area contributed by atoms with Crippen LogP contribution in [0.3, 0.4) is 0 Å². The minimum Gasteiger partial charge on any atom is -0.598 e. The third-order valence-electron chi connectivity index (χ3n) is 4.34. The van der Waals surface area contributed by atoms with Gasteiger partial charge in [-0.05, 0) is 25.1 Å². The van der Waals surface area contributed by atoms with Crippen LogP contribution < -0.4 is 5.73 Å². The van der Waals surface area contributed by atoms with Gasteiger partial charge in [0.25, 0.3) is 0 Å². The highest BCUT2D eigenvalue weighted by Gasteiger charge is 2.18. The molecule has 0 saturated carbocycles. The molecule has 0 aliphatic rings. The van der Waals surface area contributed by atoms with Crippen LogP contribution in [-0.4, -0.2) is 46.8 Å². The first-order chi connectivity index (χ1) is 12.6. The summed E-state index contributed by atoms with van der Waals surface area (Å²) < 4.78 is 13.6. The Hall–Kier alpha value is -2.62. The third-order valence-corrected chi connectivity index (χ3v) is 5.46. The first-order valence-corrected chi connectivity index (χ1v) is 9.74. The van der Waals surface area contributed by atoms with Crippen molar-refractivity contribution in [3.8, 4) is 11.3 Å². The second-order valence-corrected chi connectivity index (χ2v) is 7.34. The second-order valence-electron chi connectivity index (χ2n) is 5.98. The number of benzene rings is 1. The van der Waals surface area contributed by atoms with Crippen molar-refractivity contribution < 1.29 is 4.55 Å². The van der Waals surface area contributed by atoms with Crippen LogP contribution in [0.2, 0.25) is 0 Å². The van der Waals surface area contributed by atoms with E-state index >= 15 is 0 Å². The van der Waals surface area contributed by atoms with Gasteiger partial charge in [0.2, 0.25) is 0 Å². The number of pyridine rings is 1. The smallest absolute Gasteiger partial charge is 0.152 e. The number of hydrogen-bond donors (Lipinski definition) is 3. The normalized spacial score (nSPS) is 13.1. The molecule has 9 heteroatoms. The van der Waals surface area contributed by atoms with Crippen molar-refractivity contribution in [2.24, 2.45) is 0 Å². The summed E-state index contributed by atoms with van der Waals surface area (Å²) in [6.07, 6.45) is 3.44. The van der Waals surface area contributed by atoms with E-state index in [4.69, 9.17) is 5.73 Å². The summed E-state index contributed by atoms with van der Waals surface area (Å²) in [4.78, 5) is 12.4. The van der Waals surface area contributed by atoms with Gasteiger partial charge in [-0.1, -0.05) is 6.07 Å². The largest absolute Gasteiger partial charge is 0.598 e. The van der Waals surface area contributed by atoms with Gasteiger partial charge in [-0.15, -0.1) is 4.31 Å². The van der Waals surface area contributed by atoms with E-state index < -0.39 is 11.4 Å². The van der Waals surface area contributed by atoms with Crippen LogP contribution in [0.1, 0.15) is 12.7 Å². The summed E-state index contributed by atoms with van der Waals surface area (Å²) >= 11 is -1.06. The van der Waals surface area contributed by atoms with E-state index in [0.717, 1.165) is 33.5 Å². The monoisotopic (exact) mass is 369 g/mol. The number of anilines is 1. The molecule has 0 bridgehead atoms. The molecule has 0 saturated heterocycles. The lowest BCUT2D eigenvalue weighted by molar-refractivity contribution is 0.419. The molecule has 4 N–H and O–H groups in total. The van der Waals surface area contributed by atoms with Crippen molar-refractivity contribution >= 4 is 39.1 Å². The Morgan fingerprint density at radius 1 is 1.27 bits per heavy atom. The van der Waals surface area contributed by atoms with Crippen molar-refractivity contribution in [1.82, 2.24) is 29.5 Å². The van der Waals surface area contributed by atoms with Crippen LogP contribution in [0, 0.1) is 0 Å². The lowest BCUT2D eigenvalue weighted by Gasteiger charge is -2.18. The van der Waals surface area contributed by atoms with Gasteiger partial charge < -0.3 is 15.3 Å². The van der Waals surface area contributed by atoms with E-state index in [1.54, 1.807) is 12.5 Å². The molecule has 0 aliphatic carbocycles. The molecule has 3 aromatic heterocycles. The van der Waals surface area contributed by atoms with Crippen molar-refractivity contribution in [2.75, 3.05) is 18.5 Å². The standard InChI is InChI=1S/C17H19N7OS/c1-3-24(26(2)25)9-14-21-15-11-5-4-10(12-6-7-19-23-12)8-13(11)20-17(18)16(15)22-14/h4-8H,3,9H2,1-2H3,(H2,18,20)(H,19,23)(H,21,22). The van der Waals surface area contributed by atoms with Crippen molar-refractivity contribution in [1.29, 1.82) is 0 Å². The maximum absolute atomic E-state index is 11.8. The molecule has 3 heterocycles.